The van der Waals surface area contributed by atoms with Gasteiger partial charge in [-0.2, -0.15) is 0 Å². The van der Waals surface area contributed by atoms with Crippen LogP contribution >= 0.6 is 0 Å². The van der Waals surface area contributed by atoms with Crippen molar-refractivity contribution < 1.29 is 14.4 Å². The summed E-state index contributed by atoms with van der Waals surface area (Å²) in [4.78, 5) is 10.4. The molecule has 1 atom stereocenters. The predicted molar refractivity (Wildman–Crippen MR) is 52.4 cm³/mol. The van der Waals surface area contributed by atoms with Gasteiger partial charge in [0.25, 0.3) is 5.69 Å². The molecule has 0 radical (unpaired) electrons. The summed E-state index contributed by atoms with van der Waals surface area (Å²) in [5.74, 6) is 0. The van der Waals surface area contributed by atoms with Crippen molar-refractivity contribution in [2.24, 2.45) is 0 Å². The number of benzene rings is 1. The molecule has 0 saturated carbocycles. The molecule has 0 spiro atoms. The predicted octanol–water partition coefficient (Wildman–Crippen LogP) is 2.03. The fourth-order valence-corrected chi connectivity index (χ4v) is 1.63. The van der Waals surface area contributed by atoms with Crippen molar-refractivity contribution >= 4 is 5.69 Å². The van der Waals surface area contributed by atoms with Crippen molar-refractivity contribution in [2.45, 2.75) is 12.5 Å². The van der Waals surface area contributed by atoms with Gasteiger partial charge in [0.1, 0.15) is 6.79 Å². The summed E-state index contributed by atoms with van der Waals surface area (Å²) in [6.45, 7) is 0.785. The van der Waals surface area contributed by atoms with Gasteiger partial charge < -0.3 is 9.47 Å². The van der Waals surface area contributed by atoms with Crippen LogP contribution in [0.1, 0.15) is 18.1 Å². The van der Waals surface area contributed by atoms with Crippen molar-refractivity contribution in [2.75, 3.05) is 13.4 Å². The molecule has 1 aliphatic rings. The third-order valence-corrected chi connectivity index (χ3v) is 2.36. The van der Waals surface area contributed by atoms with Crippen LogP contribution in [-0.2, 0) is 9.47 Å². The van der Waals surface area contributed by atoms with Crippen LogP contribution in [0, 0.1) is 10.1 Å². The number of para-hydroxylation sites is 1. The van der Waals surface area contributed by atoms with E-state index >= 15 is 0 Å². The van der Waals surface area contributed by atoms with Crippen LogP contribution in [0.4, 0.5) is 5.69 Å². The van der Waals surface area contributed by atoms with E-state index in [1.807, 2.05) is 0 Å². The number of rotatable bonds is 2. The van der Waals surface area contributed by atoms with Gasteiger partial charge in [-0.05, 0) is 6.07 Å². The maximum absolute atomic E-state index is 10.8. The van der Waals surface area contributed by atoms with Crippen LogP contribution in [0.15, 0.2) is 24.3 Å². The number of hydrogen-bond donors (Lipinski definition) is 0. The lowest BCUT2D eigenvalue weighted by atomic mass is 10.0. The minimum Gasteiger partial charge on any atom is -0.355 e. The first-order valence-electron chi connectivity index (χ1n) is 4.71. The highest BCUT2D eigenvalue weighted by Crippen LogP contribution is 2.31. The normalized spacial score (nSPS) is 21.2. The zero-order valence-electron chi connectivity index (χ0n) is 8.09. The zero-order chi connectivity index (χ0) is 10.7. The maximum Gasteiger partial charge on any atom is 0.275 e. The number of nitro benzene ring substituents is 1. The minimum absolute atomic E-state index is 0.115. The van der Waals surface area contributed by atoms with E-state index in [-0.39, 0.29) is 23.5 Å². The minimum atomic E-state index is -0.381. The summed E-state index contributed by atoms with van der Waals surface area (Å²) < 4.78 is 10.4. The average Bonchev–Trinajstić information content (AvgIpc) is 2.30. The van der Waals surface area contributed by atoms with Crippen LogP contribution in [-0.4, -0.2) is 18.3 Å². The molecule has 5 heteroatoms. The van der Waals surface area contributed by atoms with Crippen LogP contribution in [0.2, 0.25) is 0 Å². The summed E-state index contributed by atoms with van der Waals surface area (Å²) in [5, 5.41) is 10.8. The second-order valence-electron chi connectivity index (χ2n) is 3.29. The third kappa shape index (κ3) is 2.14. The number of hydrogen-bond acceptors (Lipinski definition) is 4. The van der Waals surface area contributed by atoms with Crippen molar-refractivity contribution in [1.82, 2.24) is 0 Å². The second kappa shape index (κ2) is 4.37. The Balaban J connectivity index is 2.29. The second-order valence-corrected chi connectivity index (χ2v) is 3.29. The molecule has 1 unspecified atom stereocenters. The summed E-state index contributed by atoms with van der Waals surface area (Å²) in [5.41, 5.74) is 0.746. The van der Waals surface area contributed by atoms with Gasteiger partial charge in [-0.1, -0.05) is 12.1 Å². The lowest BCUT2D eigenvalue weighted by Gasteiger charge is -2.22. The molecule has 1 saturated heterocycles. The zero-order valence-corrected chi connectivity index (χ0v) is 8.09. The van der Waals surface area contributed by atoms with E-state index in [1.165, 1.54) is 6.07 Å². The first kappa shape index (κ1) is 10.1. The van der Waals surface area contributed by atoms with E-state index in [4.69, 9.17) is 9.47 Å². The quantitative estimate of drug-likeness (QED) is 0.552. The first-order valence-corrected chi connectivity index (χ1v) is 4.71. The van der Waals surface area contributed by atoms with Crippen LogP contribution in [0.3, 0.4) is 0 Å². The average molecular weight is 209 g/mol. The molecule has 0 bridgehead atoms. The maximum atomic E-state index is 10.8. The number of nitrogens with zero attached hydrogens (tertiary/aromatic N) is 1. The fraction of sp³-hybridized carbons (Fsp3) is 0.400. The molecule has 5 nitrogen and oxygen atoms in total. The van der Waals surface area contributed by atoms with Gasteiger partial charge in [0.15, 0.2) is 0 Å². The van der Waals surface area contributed by atoms with Gasteiger partial charge >= 0.3 is 0 Å². The van der Waals surface area contributed by atoms with Crippen molar-refractivity contribution in [3.05, 3.63) is 39.9 Å². The smallest absolute Gasteiger partial charge is 0.275 e. The number of ether oxygens (including phenoxy) is 2. The van der Waals surface area contributed by atoms with Gasteiger partial charge in [0.2, 0.25) is 0 Å². The monoisotopic (exact) mass is 209 g/mol. The molecule has 0 aliphatic carbocycles. The highest BCUT2D eigenvalue weighted by molar-refractivity contribution is 5.41. The van der Waals surface area contributed by atoms with Gasteiger partial charge in [-0.3, -0.25) is 10.1 Å². The molecule has 1 aromatic carbocycles. The molecular weight excluding hydrogens is 198 g/mol. The third-order valence-electron chi connectivity index (χ3n) is 2.36. The molecule has 1 heterocycles. The molecule has 1 aromatic rings. The van der Waals surface area contributed by atoms with Crippen molar-refractivity contribution in [1.29, 1.82) is 0 Å². The highest BCUT2D eigenvalue weighted by Gasteiger charge is 2.24. The van der Waals surface area contributed by atoms with E-state index in [0.29, 0.717) is 18.6 Å². The molecule has 0 N–H and O–H groups in total. The van der Waals surface area contributed by atoms with Gasteiger partial charge in [0, 0.05) is 12.5 Å². The standard InChI is InChI=1S/C10H11NO4/c12-11(13)9-4-2-1-3-8(9)10-5-6-14-7-15-10/h1-4,10H,5-7H2. The van der Waals surface area contributed by atoms with Crippen molar-refractivity contribution in [3.63, 3.8) is 0 Å². The Bertz CT molecular complexity index is 360. The Labute approximate surface area is 86.8 Å². The Morgan fingerprint density at radius 1 is 1.40 bits per heavy atom. The van der Waals surface area contributed by atoms with Gasteiger partial charge in [-0.25, -0.2) is 0 Å². The Hall–Kier alpha value is -1.46. The summed E-state index contributed by atoms with van der Waals surface area (Å²) in [6, 6.07) is 6.66. The van der Waals surface area contributed by atoms with E-state index in [2.05, 4.69) is 0 Å². The molecule has 1 fully saturated rings. The van der Waals surface area contributed by atoms with E-state index in [9.17, 15) is 10.1 Å². The molecule has 15 heavy (non-hydrogen) atoms. The van der Waals surface area contributed by atoms with E-state index in [1.54, 1.807) is 18.2 Å². The SMILES string of the molecule is O=[N+]([O-])c1ccccc1C1CCOCO1. The number of nitro groups is 1. The van der Waals surface area contributed by atoms with Crippen molar-refractivity contribution in [3.8, 4) is 0 Å². The largest absolute Gasteiger partial charge is 0.355 e. The summed E-state index contributed by atoms with van der Waals surface area (Å²) >= 11 is 0. The van der Waals surface area contributed by atoms with E-state index < -0.39 is 0 Å². The van der Waals surface area contributed by atoms with Crippen LogP contribution < -0.4 is 0 Å². The fourth-order valence-electron chi connectivity index (χ4n) is 1.63. The molecular formula is C10H11NO4. The molecule has 1 aliphatic heterocycles. The lowest BCUT2D eigenvalue weighted by Crippen LogP contribution is -2.17. The van der Waals surface area contributed by atoms with Gasteiger partial charge in [0.05, 0.1) is 23.2 Å². The Morgan fingerprint density at radius 2 is 2.20 bits per heavy atom. The van der Waals surface area contributed by atoms with Gasteiger partial charge in [-0.15, -0.1) is 0 Å². The first-order chi connectivity index (χ1) is 7.29. The molecule has 0 aromatic heterocycles. The Morgan fingerprint density at radius 3 is 2.87 bits per heavy atom. The molecule has 2 rings (SSSR count). The van der Waals surface area contributed by atoms with Crippen LogP contribution in [0.5, 0.6) is 0 Å². The van der Waals surface area contributed by atoms with Crippen LogP contribution in [0.25, 0.3) is 0 Å². The molecule has 0 amide bonds. The van der Waals surface area contributed by atoms with E-state index in [0.717, 1.165) is 0 Å². The summed E-state index contributed by atoms with van der Waals surface area (Å²) in [7, 11) is 0. The lowest BCUT2D eigenvalue weighted by molar-refractivity contribution is -0.386. The topological polar surface area (TPSA) is 61.6 Å². The molecule has 80 valence electrons. The summed E-state index contributed by atoms with van der Waals surface area (Å²) in [6.07, 6.45) is 0.436. The highest BCUT2D eigenvalue weighted by atomic mass is 16.7. The Kier molecular flexibility index (Phi) is 2.94.